The van der Waals surface area contributed by atoms with Crippen LogP contribution in [0.4, 0.5) is 4.79 Å². The number of aromatic nitrogens is 2. The highest BCUT2D eigenvalue weighted by atomic mass is 16.2. The number of piperidine rings is 1. The lowest BCUT2D eigenvalue weighted by Crippen LogP contribution is -2.49. The average Bonchev–Trinajstić information content (AvgIpc) is 2.99. The minimum Gasteiger partial charge on any atom is -0.343 e. The summed E-state index contributed by atoms with van der Waals surface area (Å²) in [7, 11) is 0. The van der Waals surface area contributed by atoms with Gasteiger partial charge in [-0.05, 0) is 18.9 Å². The van der Waals surface area contributed by atoms with Crippen LogP contribution in [0.2, 0.25) is 0 Å². The van der Waals surface area contributed by atoms with Crippen molar-refractivity contribution in [2.45, 2.75) is 32.4 Å². The molecule has 0 spiro atoms. The van der Waals surface area contributed by atoms with E-state index in [9.17, 15) is 9.59 Å². The highest BCUT2D eigenvalue weighted by Gasteiger charge is 2.21. The van der Waals surface area contributed by atoms with E-state index in [2.05, 4.69) is 15.7 Å². The standard InChI is InChI=1S/C17H23N5O2/c1-13(23)21-9-6-15(7-10-21)20-17(24)18-8-11-22-16-5-3-2-4-14(16)12-19-22/h2-5,12,15H,6-11H2,1H3,(H2,18,20,24). The molecular formula is C17H23N5O2. The van der Waals surface area contributed by atoms with Gasteiger partial charge in [0.05, 0.1) is 18.3 Å². The van der Waals surface area contributed by atoms with E-state index in [0.29, 0.717) is 26.2 Å². The second-order valence-corrected chi connectivity index (χ2v) is 6.11. The summed E-state index contributed by atoms with van der Waals surface area (Å²) in [5, 5.41) is 11.3. The van der Waals surface area contributed by atoms with Gasteiger partial charge in [0.2, 0.25) is 5.91 Å². The largest absolute Gasteiger partial charge is 0.343 e. The van der Waals surface area contributed by atoms with Gasteiger partial charge in [-0.15, -0.1) is 0 Å². The van der Waals surface area contributed by atoms with Crippen molar-refractivity contribution >= 4 is 22.8 Å². The van der Waals surface area contributed by atoms with Gasteiger partial charge in [0.1, 0.15) is 0 Å². The van der Waals surface area contributed by atoms with Crippen LogP contribution in [0.25, 0.3) is 10.9 Å². The molecule has 7 heteroatoms. The Bertz CT molecular complexity index is 719. The Morgan fingerprint density at radius 1 is 1.25 bits per heavy atom. The fraction of sp³-hybridized carbons (Fsp3) is 0.471. The molecule has 2 heterocycles. The second-order valence-electron chi connectivity index (χ2n) is 6.11. The number of likely N-dealkylation sites (tertiary alicyclic amines) is 1. The van der Waals surface area contributed by atoms with Crippen LogP contribution in [0, 0.1) is 0 Å². The molecular weight excluding hydrogens is 306 g/mol. The summed E-state index contributed by atoms with van der Waals surface area (Å²) < 4.78 is 1.89. The zero-order chi connectivity index (χ0) is 16.9. The average molecular weight is 329 g/mol. The first-order valence-electron chi connectivity index (χ1n) is 8.34. The smallest absolute Gasteiger partial charge is 0.315 e. The Morgan fingerprint density at radius 3 is 2.75 bits per heavy atom. The summed E-state index contributed by atoms with van der Waals surface area (Å²) in [4.78, 5) is 25.1. The molecule has 3 amide bonds. The van der Waals surface area contributed by atoms with Crippen molar-refractivity contribution in [2.24, 2.45) is 0 Å². The normalized spacial score (nSPS) is 15.5. The van der Waals surface area contributed by atoms with Gasteiger partial charge in [-0.2, -0.15) is 5.10 Å². The van der Waals surface area contributed by atoms with Gasteiger partial charge in [0, 0.05) is 38.0 Å². The predicted octanol–water partition coefficient (Wildman–Crippen LogP) is 1.35. The molecule has 0 unspecified atom stereocenters. The number of carbonyl (C=O) groups is 2. The van der Waals surface area contributed by atoms with E-state index in [-0.39, 0.29) is 18.0 Å². The van der Waals surface area contributed by atoms with Gasteiger partial charge in [-0.25, -0.2) is 4.79 Å². The van der Waals surface area contributed by atoms with E-state index in [1.807, 2.05) is 40.0 Å². The molecule has 0 bridgehead atoms. The van der Waals surface area contributed by atoms with Gasteiger partial charge in [-0.1, -0.05) is 18.2 Å². The topological polar surface area (TPSA) is 79.3 Å². The molecule has 1 aromatic heterocycles. The molecule has 1 aromatic carbocycles. The highest BCUT2D eigenvalue weighted by molar-refractivity contribution is 5.78. The molecule has 0 atom stereocenters. The quantitative estimate of drug-likeness (QED) is 0.888. The predicted molar refractivity (Wildman–Crippen MR) is 91.5 cm³/mol. The van der Waals surface area contributed by atoms with Gasteiger partial charge in [0.15, 0.2) is 0 Å². The third-order valence-electron chi connectivity index (χ3n) is 4.44. The fourth-order valence-electron chi connectivity index (χ4n) is 3.05. The minimum atomic E-state index is -0.160. The van der Waals surface area contributed by atoms with Crippen molar-refractivity contribution < 1.29 is 9.59 Å². The molecule has 0 saturated carbocycles. The van der Waals surface area contributed by atoms with Crippen LogP contribution in [0.1, 0.15) is 19.8 Å². The lowest BCUT2D eigenvalue weighted by Gasteiger charge is -2.31. The molecule has 1 aliphatic rings. The first-order valence-corrected chi connectivity index (χ1v) is 8.34. The Morgan fingerprint density at radius 2 is 2.00 bits per heavy atom. The molecule has 2 aromatic rings. The first-order chi connectivity index (χ1) is 11.6. The number of urea groups is 1. The lowest BCUT2D eigenvalue weighted by atomic mass is 10.1. The summed E-state index contributed by atoms with van der Waals surface area (Å²) in [6, 6.07) is 7.97. The summed E-state index contributed by atoms with van der Waals surface area (Å²) in [6.07, 6.45) is 3.44. The summed E-state index contributed by atoms with van der Waals surface area (Å²) >= 11 is 0. The molecule has 1 fully saturated rings. The third-order valence-corrected chi connectivity index (χ3v) is 4.44. The van der Waals surface area contributed by atoms with Crippen LogP contribution >= 0.6 is 0 Å². The van der Waals surface area contributed by atoms with Gasteiger partial charge < -0.3 is 15.5 Å². The van der Waals surface area contributed by atoms with Crippen molar-refractivity contribution in [3.05, 3.63) is 30.5 Å². The second kappa shape index (κ2) is 7.33. The first kappa shape index (κ1) is 16.3. The maximum absolute atomic E-state index is 12.0. The van der Waals surface area contributed by atoms with E-state index >= 15 is 0 Å². The fourth-order valence-corrected chi connectivity index (χ4v) is 3.05. The molecule has 7 nitrogen and oxygen atoms in total. The van der Waals surface area contributed by atoms with Crippen LogP contribution in [0.5, 0.6) is 0 Å². The highest BCUT2D eigenvalue weighted by Crippen LogP contribution is 2.12. The molecule has 0 aliphatic carbocycles. The van der Waals surface area contributed by atoms with Gasteiger partial charge >= 0.3 is 6.03 Å². The molecule has 1 saturated heterocycles. The molecule has 128 valence electrons. The van der Waals surface area contributed by atoms with Crippen LogP contribution in [-0.2, 0) is 11.3 Å². The Kier molecular flexibility index (Phi) is 4.98. The Balaban J connectivity index is 1.41. The third kappa shape index (κ3) is 3.84. The summed E-state index contributed by atoms with van der Waals surface area (Å²) in [5.74, 6) is 0.101. The minimum absolute atomic E-state index is 0.101. The van der Waals surface area contributed by atoms with E-state index in [4.69, 9.17) is 0 Å². The lowest BCUT2D eigenvalue weighted by molar-refractivity contribution is -0.129. The Hall–Kier alpha value is -2.57. The van der Waals surface area contributed by atoms with E-state index < -0.39 is 0 Å². The van der Waals surface area contributed by atoms with Crippen LogP contribution in [0.3, 0.4) is 0 Å². The number of carbonyl (C=O) groups excluding carboxylic acids is 2. The maximum atomic E-state index is 12.0. The van der Waals surface area contributed by atoms with Crippen molar-refractivity contribution in [1.82, 2.24) is 25.3 Å². The number of nitrogens with zero attached hydrogens (tertiary/aromatic N) is 3. The summed E-state index contributed by atoms with van der Waals surface area (Å²) in [6.45, 7) is 4.14. The summed E-state index contributed by atoms with van der Waals surface area (Å²) in [5.41, 5.74) is 1.07. The Labute approximate surface area is 141 Å². The van der Waals surface area contributed by atoms with Crippen molar-refractivity contribution in [3.8, 4) is 0 Å². The number of amides is 3. The van der Waals surface area contributed by atoms with Crippen molar-refractivity contribution in [1.29, 1.82) is 0 Å². The SMILES string of the molecule is CC(=O)N1CCC(NC(=O)NCCn2ncc3ccccc32)CC1. The molecule has 24 heavy (non-hydrogen) atoms. The monoisotopic (exact) mass is 329 g/mol. The molecule has 3 rings (SSSR count). The molecule has 1 aliphatic heterocycles. The zero-order valence-corrected chi connectivity index (χ0v) is 13.9. The van der Waals surface area contributed by atoms with Crippen molar-refractivity contribution in [2.75, 3.05) is 19.6 Å². The van der Waals surface area contributed by atoms with Crippen LogP contribution in [0.15, 0.2) is 30.5 Å². The van der Waals surface area contributed by atoms with E-state index in [1.54, 1.807) is 6.92 Å². The van der Waals surface area contributed by atoms with Crippen LogP contribution < -0.4 is 10.6 Å². The number of fused-ring (bicyclic) bond motifs is 1. The number of para-hydroxylation sites is 1. The van der Waals surface area contributed by atoms with E-state index in [0.717, 1.165) is 23.7 Å². The van der Waals surface area contributed by atoms with E-state index in [1.165, 1.54) is 0 Å². The number of nitrogens with one attached hydrogen (secondary N) is 2. The molecule has 2 N–H and O–H groups in total. The van der Waals surface area contributed by atoms with Crippen molar-refractivity contribution in [3.63, 3.8) is 0 Å². The number of rotatable bonds is 4. The molecule has 0 radical (unpaired) electrons. The number of hydrogen-bond donors (Lipinski definition) is 2. The zero-order valence-electron chi connectivity index (χ0n) is 13.9. The maximum Gasteiger partial charge on any atom is 0.315 e. The number of hydrogen-bond acceptors (Lipinski definition) is 3. The van der Waals surface area contributed by atoms with Crippen LogP contribution in [-0.4, -0.2) is 52.3 Å². The van der Waals surface area contributed by atoms with Gasteiger partial charge in [0.25, 0.3) is 0 Å². The number of benzene rings is 1. The van der Waals surface area contributed by atoms with Gasteiger partial charge in [-0.3, -0.25) is 9.48 Å².